The molecule has 6 nitrogen and oxygen atoms in total. The molecule has 1 aromatic heterocycles. The molecule has 1 atom stereocenters. The first-order valence-electron chi connectivity index (χ1n) is 8.42. The molecule has 1 N–H and O–H groups in total. The quantitative estimate of drug-likeness (QED) is 0.528. The van der Waals surface area contributed by atoms with Crippen LogP contribution in [0.1, 0.15) is 18.9 Å². The fourth-order valence-corrected chi connectivity index (χ4v) is 3.64. The summed E-state index contributed by atoms with van der Waals surface area (Å²) < 4.78 is 7.68. The number of aromatic nitrogens is 3. The van der Waals surface area contributed by atoms with Gasteiger partial charge in [0.15, 0.2) is 17.1 Å². The van der Waals surface area contributed by atoms with Gasteiger partial charge in [-0.1, -0.05) is 53.2 Å². The molecule has 2 aromatic carbocycles. The number of amides is 1. The molecule has 28 heavy (non-hydrogen) atoms. The topological polar surface area (TPSA) is 69.0 Å². The number of halogens is 2. The molecule has 0 spiro atoms. The normalized spacial score (nSPS) is 11.9. The molecule has 146 valence electrons. The fourth-order valence-electron chi connectivity index (χ4n) is 2.47. The number of nitrogens with one attached hydrogen (secondary N) is 1. The standard InChI is InChI=1S/C19H18Cl2N4O2S/c1-12(27-16-9-8-13(20)10-15(16)21)18-23-24-19(25(18)2)28-11-17(26)22-14-6-4-3-5-7-14/h3-10,12H,11H2,1-2H3,(H,22,26). The maximum Gasteiger partial charge on any atom is 0.234 e. The summed E-state index contributed by atoms with van der Waals surface area (Å²) in [5, 5.41) is 12.8. The molecule has 1 amide bonds. The van der Waals surface area contributed by atoms with E-state index in [9.17, 15) is 4.79 Å². The lowest BCUT2D eigenvalue weighted by Gasteiger charge is -2.15. The van der Waals surface area contributed by atoms with Crippen molar-refractivity contribution >= 4 is 46.6 Å². The van der Waals surface area contributed by atoms with Crippen molar-refractivity contribution in [2.45, 2.75) is 18.2 Å². The van der Waals surface area contributed by atoms with Crippen molar-refractivity contribution in [3.63, 3.8) is 0 Å². The molecule has 0 aliphatic carbocycles. The van der Waals surface area contributed by atoms with Crippen LogP contribution in [-0.2, 0) is 11.8 Å². The molecular weight excluding hydrogens is 419 g/mol. The molecule has 9 heteroatoms. The number of carbonyl (C=O) groups excluding carboxylic acids is 1. The van der Waals surface area contributed by atoms with E-state index in [-0.39, 0.29) is 17.8 Å². The fraction of sp³-hybridized carbons (Fsp3) is 0.211. The predicted molar refractivity (Wildman–Crippen MR) is 112 cm³/mol. The van der Waals surface area contributed by atoms with Crippen LogP contribution in [0.15, 0.2) is 53.7 Å². The van der Waals surface area contributed by atoms with Crippen LogP contribution in [0.25, 0.3) is 0 Å². The average Bonchev–Trinajstić information content (AvgIpc) is 3.04. The highest BCUT2D eigenvalue weighted by Gasteiger charge is 2.19. The number of carbonyl (C=O) groups is 1. The number of hydrogen-bond donors (Lipinski definition) is 1. The Balaban J connectivity index is 1.60. The van der Waals surface area contributed by atoms with Crippen molar-refractivity contribution in [1.82, 2.24) is 14.8 Å². The van der Waals surface area contributed by atoms with Crippen LogP contribution in [0.4, 0.5) is 5.69 Å². The molecule has 3 rings (SSSR count). The van der Waals surface area contributed by atoms with Gasteiger partial charge in [-0.05, 0) is 37.3 Å². The lowest BCUT2D eigenvalue weighted by atomic mass is 10.3. The summed E-state index contributed by atoms with van der Waals surface area (Å²) in [4.78, 5) is 12.1. The number of ether oxygens (including phenoxy) is 1. The van der Waals surface area contributed by atoms with E-state index >= 15 is 0 Å². The molecule has 0 aliphatic rings. The lowest BCUT2D eigenvalue weighted by molar-refractivity contribution is -0.113. The van der Waals surface area contributed by atoms with E-state index in [1.807, 2.05) is 44.3 Å². The monoisotopic (exact) mass is 436 g/mol. The van der Waals surface area contributed by atoms with Gasteiger partial charge in [0.05, 0.1) is 10.8 Å². The third kappa shape index (κ3) is 5.19. The van der Waals surface area contributed by atoms with Crippen molar-refractivity contribution in [1.29, 1.82) is 0 Å². The minimum atomic E-state index is -0.385. The molecular formula is C19H18Cl2N4O2S. The summed E-state index contributed by atoms with van der Waals surface area (Å²) in [6, 6.07) is 14.3. The number of thioether (sulfide) groups is 1. The first-order chi connectivity index (χ1) is 13.4. The zero-order valence-corrected chi connectivity index (χ0v) is 17.6. The smallest absolute Gasteiger partial charge is 0.234 e. The largest absolute Gasteiger partial charge is 0.481 e. The Morgan fingerprint density at radius 2 is 1.96 bits per heavy atom. The van der Waals surface area contributed by atoms with E-state index in [1.54, 1.807) is 22.8 Å². The minimum Gasteiger partial charge on any atom is -0.481 e. The average molecular weight is 437 g/mol. The Morgan fingerprint density at radius 1 is 1.21 bits per heavy atom. The van der Waals surface area contributed by atoms with E-state index in [0.717, 1.165) is 5.69 Å². The van der Waals surface area contributed by atoms with Gasteiger partial charge in [-0.25, -0.2) is 0 Å². The van der Waals surface area contributed by atoms with Gasteiger partial charge in [-0.3, -0.25) is 4.79 Å². The van der Waals surface area contributed by atoms with E-state index in [2.05, 4.69) is 15.5 Å². The SMILES string of the molecule is CC(Oc1ccc(Cl)cc1Cl)c1nnc(SCC(=O)Nc2ccccc2)n1C. The van der Waals surface area contributed by atoms with Crippen molar-refractivity contribution in [2.75, 3.05) is 11.1 Å². The van der Waals surface area contributed by atoms with Gasteiger partial charge >= 0.3 is 0 Å². The zero-order chi connectivity index (χ0) is 20.1. The summed E-state index contributed by atoms with van der Waals surface area (Å²) in [6.45, 7) is 1.85. The van der Waals surface area contributed by atoms with Crippen LogP contribution in [0.3, 0.4) is 0 Å². The number of nitrogens with zero attached hydrogens (tertiary/aromatic N) is 3. The summed E-state index contributed by atoms with van der Waals surface area (Å²) in [5.41, 5.74) is 0.758. The van der Waals surface area contributed by atoms with E-state index in [1.165, 1.54) is 11.8 Å². The maximum atomic E-state index is 12.1. The molecule has 0 saturated carbocycles. The number of benzene rings is 2. The highest BCUT2D eigenvalue weighted by molar-refractivity contribution is 7.99. The van der Waals surface area contributed by atoms with Gasteiger partial charge in [0.1, 0.15) is 5.75 Å². The Labute approximate surface area is 177 Å². The Bertz CT molecular complexity index is 966. The van der Waals surface area contributed by atoms with Gasteiger partial charge in [0.25, 0.3) is 0 Å². The molecule has 0 aliphatic heterocycles. The first kappa shape index (κ1) is 20.5. The van der Waals surface area contributed by atoms with Gasteiger partial charge in [0, 0.05) is 17.8 Å². The van der Waals surface area contributed by atoms with E-state index < -0.39 is 0 Å². The summed E-state index contributed by atoms with van der Waals surface area (Å²) in [6.07, 6.45) is -0.385. The highest BCUT2D eigenvalue weighted by atomic mass is 35.5. The van der Waals surface area contributed by atoms with Gasteiger partial charge in [-0.15, -0.1) is 10.2 Å². The third-order valence-electron chi connectivity index (χ3n) is 3.82. The number of rotatable bonds is 7. The Kier molecular flexibility index (Phi) is 6.83. The summed E-state index contributed by atoms with van der Waals surface area (Å²) in [7, 11) is 1.83. The molecule has 1 heterocycles. The molecule has 1 unspecified atom stereocenters. The zero-order valence-electron chi connectivity index (χ0n) is 15.2. The minimum absolute atomic E-state index is 0.113. The predicted octanol–water partition coefficient (Wildman–Crippen LogP) is 4.99. The molecule has 0 saturated heterocycles. The van der Waals surface area contributed by atoms with Crippen molar-refractivity contribution in [3.05, 3.63) is 64.4 Å². The number of hydrogen-bond acceptors (Lipinski definition) is 5. The molecule has 0 bridgehead atoms. The summed E-state index contributed by atoms with van der Waals surface area (Å²) in [5.74, 6) is 1.24. The van der Waals surface area contributed by atoms with E-state index in [4.69, 9.17) is 27.9 Å². The summed E-state index contributed by atoms with van der Waals surface area (Å²) >= 11 is 13.4. The Hall–Kier alpha value is -2.22. The van der Waals surface area contributed by atoms with Gasteiger partial charge < -0.3 is 14.6 Å². The van der Waals surface area contributed by atoms with Crippen LogP contribution in [-0.4, -0.2) is 26.4 Å². The van der Waals surface area contributed by atoms with Crippen molar-refractivity contribution in [2.24, 2.45) is 7.05 Å². The number of anilines is 1. The van der Waals surface area contributed by atoms with Crippen LogP contribution in [0, 0.1) is 0 Å². The first-order valence-corrected chi connectivity index (χ1v) is 10.2. The van der Waals surface area contributed by atoms with Gasteiger partial charge in [0.2, 0.25) is 5.91 Å². The maximum absolute atomic E-state index is 12.1. The Morgan fingerprint density at radius 3 is 2.68 bits per heavy atom. The third-order valence-corrected chi connectivity index (χ3v) is 5.37. The molecule has 3 aromatic rings. The second-order valence-electron chi connectivity index (χ2n) is 5.94. The van der Waals surface area contributed by atoms with E-state index in [0.29, 0.717) is 26.8 Å². The highest BCUT2D eigenvalue weighted by Crippen LogP contribution is 2.31. The van der Waals surface area contributed by atoms with Crippen molar-refractivity contribution in [3.8, 4) is 5.75 Å². The van der Waals surface area contributed by atoms with Crippen LogP contribution in [0.2, 0.25) is 10.0 Å². The molecule has 0 radical (unpaired) electrons. The lowest BCUT2D eigenvalue weighted by Crippen LogP contribution is -2.14. The van der Waals surface area contributed by atoms with Crippen molar-refractivity contribution < 1.29 is 9.53 Å². The second-order valence-corrected chi connectivity index (χ2v) is 7.72. The van der Waals surface area contributed by atoms with Crippen LogP contribution < -0.4 is 10.1 Å². The van der Waals surface area contributed by atoms with Crippen LogP contribution in [0.5, 0.6) is 5.75 Å². The molecule has 0 fully saturated rings. The van der Waals surface area contributed by atoms with Gasteiger partial charge in [-0.2, -0.15) is 0 Å². The number of para-hydroxylation sites is 1. The van der Waals surface area contributed by atoms with Crippen LogP contribution >= 0.6 is 35.0 Å². The second kappa shape index (κ2) is 9.32.